The first-order valence-electron chi connectivity index (χ1n) is 38.3. The second-order valence-corrected chi connectivity index (χ2v) is 34.4. The summed E-state index contributed by atoms with van der Waals surface area (Å²) in [5.74, 6) is 4.36. The number of Topliss-reactive ketones (excluding diaryl/α,β-unsaturated/α-hetero) is 6. The van der Waals surface area contributed by atoms with Gasteiger partial charge in [-0.25, -0.2) is 0 Å². The van der Waals surface area contributed by atoms with Crippen molar-refractivity contribution < 1.29 is 57.3 Å². The number of amides is 1. The molecule has 0 rings (SSSR count). The van der Waals surface area contributed by atoms with Crippen molar-refractivity contribution in [3.05, 3.63) is 0 Å². The number of nitrogens with two attached hydrogens (primary N) is 1. The zero-order valence-corrected chi connectivity index (χ0v) is 69.3. The molecule has 0 unspecified atom stereocenters. The molecule has 0 aromatic rings. The number of hydrogen-bond acceptors (Lipinski definition) is 14. The maximum atomic E-state index is 12.4. The molecule has 0 heterocycles. The summed E-state index contributed by atoms with van der Waals surface area (Å²) in [6, 6.07) is 0.225. The Morgan fingerprint density at radius 1 is 0.402 bits per heavy atom. The van der Waals surface area contributed by atoms with Gasteiger partial charge in [0.05, 0.1) is 25.3 Å². The van der Waals surface area contributed by atoms with E-state index in [1.54, 1.807) is 0 Å². The molecule has 0 radical (unpaired) electrons. The minimum atomic E-state index is -0.355. The Morgan fingerprint density at radius 2 is 0.835 bits per heavy atom. The zero-order valence-electron chi connectivity index (χ0n) is 69.3. The van der Waals surface area contributed by atoms with Crippen molar-refractivity contribution >= 4 is 46.6 Å². The number of carbonyl (C=O) groups is 8. The second-order valence-electron chi connectivity index (χ2n) is 34.4. The van der Waals surface area contributed by atoms with Crippen molar-refractivity contribution in [3.8, 4) is 0 Å². The van der Waals surface area contributed by atoms with Crippen molar-refractivity contribution in [2.24, 2.45) is 69.3 Å². The lowest BCUT2D eigenvalue weighted by molar-refractivity contribution is -0.145. The van der Waals surface area contributed by atoms with E-state index in [2.05, 4.69) is 121 Å². The topological polar surface area (TPSA) is 224 Å². The molecule has 4 N–H and O–H groups in total. The molecule has 0 bridgehead atoms. The third-order valence-electron chi connectivity index (χ3n) is 15.2. The third-order valence-corrected chi connectivity index (χ3v) is 15.2. The molecular weight excluding hydrogens is 1220 g/mol. The maximum absolute atomic E-state index is 12.4. The van der Waals surface area contributed by atoms with E-state index in [0.717, 1.165) is 82.5 Å². The van der Waals surface area contributed by atoms with Gasteiger partial charge >= 0.3 is 5.97 Å². The van der Waals surface area contributed by atoms with Gasteiger partial charge in [-0.15, -0.1) is 0 Å². The Bertz CT molecular complexity index is 1970. The molecular formula is C82H163N3O12. The minimum Gasteiger partial charge on any atom is -0.465 e. The first-order valence-corrected chi connectivity index (χ1v) is 38.3. The standard InChI is InChI=1S/C16H28O4.C15H30N2O2.C14H28O3.C14H28O.C12H26O.C11H23NO/c1-12(2)15(18)8-7-14(17)6-5-10-20-11-9-16(19)13(3)4;1-14(2,3)13(19)11(17-15(4,5)6)9-7-8-10-12(16)18;1-12(2)7-5-9-16-10-6-8-14(15)17-11-13(3)4;1-13(2,3)11-9-7-8-10-12(15)14(4,5)6;1-11(2)7-5-9-13-10-6-8-12(3)4;1-7(2)10(12-9(5)6)11(13)8(3)4/h12-13H,5-11H2,1-4H3;11,17H,7-10H2,1-6H3,(H2,16,18);12-13H,5-11H2,1-4H3;7-11H2,1-6H3;11-12H,5-10H2,1-4H3;7-10,12H,1-6H3/t;11-;;;;10-/m.0...0/s1. The molecule has 2 atom stereocenters. The fourth-order valence-electron chi connectivity index (χ4n) is 9.02. The van der Waals surface area contributed by atoms with Crippen LogP contribution in [0.1, 0.15) is 349 Å². The van der Waals surface area contributed by atoms with Gasteiger partial charge in [0.1, 0.15) is 23.1 Å². The number of primary amides is 1. The van der Waals surface area contributed by atoms with Crippen LogP contribution in [0, 0.1) is 63.6 Å². The number of hydrogen-bond donors (Lipinski definition) is 3. The maximum Gasteiger partial charge on any atom is 0.305 e. The van der Waals surface area contributed by atoms with Crippen LogP contribution in [-0.2, 0) is 57.3 Å². The lowest BCUT2D eigenvalue weighted by Gasteiger charge is -2.31. The third kappa shape index (κ3) is 81.6. The van der Waals surface area contributed by atoms with Crippen molar-refractivity contribution in [3.63, 3.8) is 0 Å². The summed E-state index contributed by atoms with van der Waals surface area (Å²) in [5.41, 5.74) is 4.95. The summed E-state index contributed by atoms with van der Waals surface area (Å²) in [6.45, 7) is 66.8. The highest BCUT2D eigenvalue weighted by Gasteiger charge is 2.32. The van der Waals surface area contributed by atoms with E-state index in [1.165, 1.54) is 51.4 Å². The van der Waals surface area contributed by atoms with E-state index in [-0.39, 0.29) is 81.2 Å². The number of nitrogens with one attached hydrogen (secondary N) is 2. The summed E-state index contributed by atoms with van der Waals surface area (Å²) >= 11 is 0. The Hall–Kier alpha value is -3.24. The molecule has 0 spiro atoms. The van der Waals surface area contributed by atoms with Gasteiger partial charge in [0.15, 0.2) is 11.6 Å². The second kappa shape index (κ2) is 61.4. The smallest absolute Gasteiger partial charge is 0.305 e. The molecule has 578 valence electrons. The van der Waals surface area contributed by atoms with E-state index in [0.29, 0.717) is 106 Å². The van der Waals surface area contributed by atoms with Gasteiger partial charge < -0.3 is 35.3 Å². The van der Waals surface area contributed by atoms with Crippen LogP contribution in [-0.4, -0.2) is 116 Å². The highest BCUT2D eigenvalue weighted by Crippen LogP contribution is 2.25. The number of rotatable bonds is 47. The summed E-state index contributed by atoms with van der Waals surface area (Å²) in [6.07, 6.45) is 19.1. The molecule has 0 aromatic carbocycles. The van der Waals surface area contributed by atoms with Crippen molar-refractivity contribution in [1.29, 1.82) is 0 Å². The van der Waals surface area contributed by atoms with Gasteiger partial charge in [0.25, 0.3) is 0 Å². The van der Waals surface area contributed by atoms with E-state index in [1.807, 2.05) is 96.9 Å². The minimum absolute atomic E-state index is 0.00428. The molecule has 0 aliphatic heterocycles. The number of esters is 1. The molecule has 0 aliphatic rings. The Balaban J connectivity index is -0.000000258. The molecule has 0 fully saturated rings. The average Bonchev–Trinajstić information content (AvgIpc) is 0.878. The highest BCUT2D eigenvalue weighted by molar-refractivity contribution is 5.89. The molecule has 1 amide bonds. The molecule has 97 heavy (non-hydrogen) atoms. The Morgan fingerprint density at radius 3 is 1.21 bits per heavy atom. The molecule has 15 nitrogen and oxygen atoms in total. The molecule has 0 aromatic heterocycles. The Kier molecular flexibility index (Phi) is 66.3. The normalized spacial score (nSPS) is 12.5. The summed E-state index contributed by atoms with van der Waals surface area (Å²) in [4.78, 5) is 92.0. The SMILES string of the molecule is CC(C)(C)CCCCCC(=O)C(C)(C)C.CC(C)(C)N[C@@H](CCCCC(N)=O)C(=O)C(C)(C)C.CC(C)C(=O)CCOCCCC(=O)CCC(=O)C(C)C.CC(C)CCCOCCCC(=O)OCC(C)C.CC(C)CCCOCCCC(C)C.CC(C)N[C@H](C(=O)C(C)C)C(C)C. The first kappa shape index (κ1) is 105. The predicted molar refractivity (Wildman–Crippen MR) is 410 cm³/mol. The fourth-order valence-corrected chi connectivity index (χ4v) is 9.02. The van der Waals surface area contributed by atoms with Crippen molar-refractivity contribution in [2.45, 2.75) is 373 Å². The predicted octanol–water partition coefficient (Wildman–Crippen LogP) is 19.5. The number of ketones is 6. The summed E-state index contributed by atoms with van der Waals surface area (Å²) in [5, 5.41) is 6.70. The largest absolute Gasteiger partial charge is 0.465 e. The van der Waals surface area contributed by atoms with Crippen LogP contribution in [0.3, 0.4) is 0 Å². The van der Waals surface area contributed by atoms with Gasteiger partial charge in [-0.3, -0.25) is 38.4 Å². The van der Waals surface area contributed by atoms with Gasteiger partial charge in [0.2, 0.25) is 5.91 Å². The van der Waals surface area contributed by atoms with Crippen molar-refractivity contribution in [2.75, 3.05) is 46.2 Å². The lowest BCUT2D eigenvalue weighted by Crippen LogP contribution is -2.50. The first-order chi connectivity index (χ1) is 44.4. The summed E-state index contributed by atoms with van der Waals surface area (Å²) < 4.78 is 21.4. The van der Waals surface area contributed by atoms with Crippen LogP contribution in [0.5, 0.6) is 0 Å². The van der Waals surface area contributed by atoms with Crippen LogP contribution >= 0.6 is 0 Å². The van der Waals surface area contributed by atoms with E-state index in [9.17, 15) is 38.4 Å². The van der Waals surface area contributed by atoms with Gasteiger partial charge in [0, 0.05) is 118 Å². The van der Waals surface area contributed by atoms with Crippen LogP contribution in [0.2, 0.25) is 0 Å². The number of ether oxygens (including phenoxy) is 4. The highest BCUT2D eigenvalue weighted by atomic mass is 16.5. The molecule has 0 aliphatic carbocycles. The molecule has 0 saturated carbocycles. The Labute approximate surface area is 600 Å². The van der Waals surface area contributed by atoms with E-state index in [4.69, 9.17) is 24.7 Å². The van der Waals surface area contributed by atoms with Crippen molar-refractivity contribution in [1.82, 2.24) is 10.6 Å². The van der Waals surface area contributed by atoms with Gasteiger partial charge in [-0.05, 0) is 133 Å². The van der Waals surface area contributed by atoms with Crippen LogP contribution < -0.4 is 16.4 Å². The van der Waals surface area contributed by atoms with Gasteiger partial charge in [-0.2, -0.15) is 0 Å². The zero-order chi connectivity index (χ0) is 76.7. The van der Waals surface area contributed by atoms with Crippen LogP contribution in [0.25, 0.3) is 0 Å². The van der Waals surface area contributed by atoms with E-state index < -0.39 is 0 Å². The fraction of sp³-hybridized carbons (Fsp3) is 0.902. The lowest BCUT2D eigenvalue weighted by atomic mass is 9.83. The van der Waals surface area contributed by atoms with Gasteiger partial charge in [-0.1, -0.05) is 206 Å². The average molecular weight is 1380 g/mol. The number of unbranched alkanes of at least 4 members (excludes halogenated alkanes) is 3. The summed E-state index contributed by atoms with van der Waals surface area (Å²) in [7, 11) is 0. The number of carbonyl (C=O) groups excluding carboxylic acids is 8. The van der Waals surface area contributed by atoms with Crippen LogP contribution in [0.4, 0.5) is 0 Å². The molecule has 15 heteroatoms. The van der Waals surface area contributed by atoms with Crippen LogP contribution in [0.15, 0.2) is 0 Å². The quantitative estimate of drug-likeness (QED) is 0.0381. The van der Waals surface area contributed by atoms with E-state index >= 15 is 0 Å². The molecule has 0 saturated heterocycles. The monoisotopic (exact) mass is 1380 g/mol.